The van der Waals surface area contributed by atoms with E-state index in [1.807, 2.05) is 0 Å². The van der Waals surface area contributed by atoms with Gasteiger partial charge in [-0.15, -0.1) is 0 Å². The van der Waals surface area contributed by atoms with Crippen LogP contribution in [-0.4, -0.2) is 12.2 Å². The van der Waals surface area contributed by atoms with E-state index in [2.05, 4.69) is 9.99 Å². The largest absolute Gasteiger partial charge is 0.416 e. The molecule has 0 N–H and O–H groups in total. The molecule has 0 aliphatic rings. The minimum atomic E-state index is -4.57. The summed E-state index contributed by atoms with van der Waals surface area (Å²) in [7, 11) is 0. The number of hydrogen-bond acceptors (Lipinski definition) is 3. The lowest BCUT2D eigenvalue weighted by Crippen LogP contribution is -2.08. The lowest BCUT2D eigenvalue weighted by molar-refractivity contribution is -0.137. The van der Waals surface area contributed by atoms with Crippen LogP contribution >= 0.6 is 11.6 Å². The first-order valence-corrected chi connectivity index (χ1v) is 6.52. The van der Waals surface area contributed by atoms with Crippen LogP contribution in [0.25, 0.3) is 0 Å². The fourth-order valence-electron chi connectivity index (χ4n) is 1.60. The molecule has 0 atom stereocenters. The Morgan fingerprint density at radius 1 is 1.17 bits per heavy atom. The summed E-state index contributed by atoms with van der Waals surface area (Å²) in [6.45, 7) is 0. The van der Waals surface area contributed by atoms with Crippen LogP contribution in [0.4, 0.5) is 17.6 Å². The smallest absolute Gasteiger partial charge is 0.313 e. The highest BCUT2D eigenvalue weighted by Gasteiger charge is 2.31. The molecule has 0 aliphatic heterocycles. The summed E-state index contributed by atoms with van der Waals surface area (Å²) in [5, 5.41) is 3.20. The number of halogens is 5. The first kappa shape index (κ1) is 17.0. The zero-order valence-electron chi connectivity index (χ0n) is 11.3. The molecule has 0 amide bonds. The second-order valence-corrected chi connectivity index (χ2v) is 4.77. The average Bonchev–Trinajstić information content (AvgIpc) is 2.50. The van der Waals surface area contributed by atoms with Gasteiger partial charge in [0.05, 0.1) is 22.4 Å². The monoisotopic (exact) mass is 345 g/mol. The Bertz CT molecular complexity index is 759. The third-order valence-electron chi connectivity index (χ3n) is 2.71. The molecule has 8 heteroatoms. The Hall–Kier alpha value is -2.41. The van der Waals surface area contributed by atoms with Crippen molar-refractivity contribution >= 4 is 23.8 Å². The number of nitrogens with zero attached hydrogens (tertiary/aromatic N) is 1. The van der Waals surface area contributed by atoms with E-state index in [4.69, 9.17) is 11.6 Å². The normalized spacial score (nSPS) is 11.7. The summed E-state index contributed by atoms with van der Waals surface area (Å²) < 4.78 is 50.6. The van der Waals surface area contributed by atoms with E-state index >= 15 is 0 Å². The molecule has 0 saturated heterocycles. The first-order valence-electron chi connectivity index (χ1n) is 6.14. The van der Waals surface area contributed by atoms with Crippen LogP contribution < -0.4 is 0 Å². The fourth-order valence-corrected chi connectivity index (χ4v) is 1.79. The lowest BCUT2D eigenvalue weighted by Gasteiger charge is -2.07. The number of alkyl halides is 3. The Morgan fingerprint density at radius 3 is 2.57 bits per heavy atom. The van der Waals surface area contributed by atoms with Gasteiger partial charge in [0.15, 0.2) is 0 Å². The average molecular weight is 346 g/mol. The highest BCUT2D eigenvalue weighted by molar-refractivity contribution is 6.31. The Kier molecular flexibility index (Phi) is 5.00. The second kappa shape index (κ2) is 6.78. The van der Waals surface area contributed by atoms with E-state index < -0.39 is 23.5 Å². The molecule has 2 aromatic carbocycles. The third kappa shape index (κ3) is 4.53. The molecule has 0 spiro atoms. The molecule has 0 heterocycles. The van der Waals surface area contributed by atoms with E-state index in [0.29, 0.717) is 11.6 Å². The molecule has 0 aliphatic carbocycles. The van der Waals surface area contributed by atoms with Gasteiger partial charge < -0.3 is 4.84 Å². The molecule has 0 aromatic heterocycles. The standard InChI is InChI=1S/C15H8ClF4NO2/c16-12-6-9(4-5-13(12)17)8-21-23-14(22)10-2-1-3-11(7-10)15(18,19)20/h1-8H/b21-8+. The zero-order valence-corrected chi connectivity index (χ0v) is 12.0. The van der Waals surface area contributed by atoms with Gasteiger partial charge >= 0.3 is 12.1 Å². The summed E-state index contributed by atoms with van der Waals surface area (Å²) in [6, 6.07) is 7.43. The van der Waals surface area contributed by atoms with Crippen molar-refractivity contribution in [2.24, 2.45) is 5.16 Å². The van der Waals surface area contributed by atoms with E-state index in [0.717, 1.165) is 24.4 Å². The van der Waals surface area contributed by atoms with Crippen molar-refractivity contribution in [3.8, 4) is 0 Å². The van der Waals surface area contributed by atoms with Crippen LogP contribution in [0, 0.1) is 5.82 Å². The Labute approximate surface area is 133 Å². The van der Waals surface area contributed by atoms with Gasteiger partial charge in [-0.1, -0.05) is 28.9 Å². The Balaban J connectivity index is 2.07. The van der Waals surface area contributed by atoms with Crippen LogP contribution in [-0.2, 0) is 11.0 Å². The summed E-state index contributed by atoms with van der Waals surface area (Å²) in [6.07, 6.45) is -3.48. The van der Waals surface area contributed by atoms with Crippen LogP contribution in [0.3, 0.4) is 0 Å². The fraction of sp³-hybridized carbons (Fsp3) is 0.0667. The van der Waals surface area contributed by atoms with Crippen molar-refractivity contribution in [3.05, 3.63) is 70.0 Å². The van der Waals surface area contributed by atoms with E-state index in [1.165, 1.54) is 18.2 Å². The highest BCUT2D eigenvalue weighted by Crippen LogP contribution is 2.29. The number of carbonyl (C=O) groups is 1. The quantitative estimate of drug-likeness (QED) is 0.350. The maximum atomic E-state index is 13.0. The molecule has 120 valence electrons. The summed E-state index contributed by atoms with van der Waals surface area (Å²) in [5.74, 6) is -1.68. The third-order valence-corrected chi connectivity index (χ3v) is 3.00. The van der Waals surface area contributed by atoms with E-state index in [-0.39, 0.29) is 10.6 Å². The highest BCUT2D eigenvalue weighted by atomic mass is 35.5. The van der Waals surface area contributed by atoms with Gasteiger partial charge in [0.2, 0.25) is 0 Å². The van der Waals surface area contributed by atoms with E-state index in [1.54, 1.807) is 0 Å². The van der Waals surface area contributed by atoms with Crippen LogP contribution in [0.5, 0.6) is 0 Å². The minimum absolute atomic E-state index is 0.141. The van der Waals surface area contributed by atoms with Crippen LogP contribution in [0.1, 0.15) is 21.5 Å². The molecule has 0 bridgehead atoms. The molecule has 2 aromatic rings. The number of benzene rings is 2. The molecule has 0 fully saturated rings. The van der Waals surface area contributed by atoms with Crippen LogP contribution in [0.2, 0.25) is 5.02 Å². The van der Waals surface area contributed by atoms with Gasteiger partial charge in [-0.3, -0.25) is 0 Å². The molecule has 0 radical (unpaired) electrons. The topological polar surface area (TPSA) is 38.7 Å². The summed E-state index contributed by atoms with van der Waals surface area (Å²) >= 11 is 5.56. The van der Waals surface area contributed by atoms with Crippen molar-refractivity contribution in [1.29, 1.82) is 0 Å². The Morgan fingerprint density at radius 2 is 1.91 bits per heavy atom. The van der Waals surface area contributed by atoms with Crippen molar-refractivity contribution in [1.82, 2.24) is 0 Å². The number of hydrogen-bond donors (Lipinski definition) is 0. The van der Waals surface area contributed by atoms with Gasteiger partial charge in [-0.25, -0.2) is 9.18 Å². The molecule has 23 heavy (non-hydrogen) atoms. The summed E-state index contributed by atoms with van der Waals surface area (Å²) in [4.78, 5) is 16.1. The maximum absolute atomic E-state index is 13.0. The molecule has 0 saturated carbocycles. The van der Waals surface area contributed by atoms with Crippen molar-refractivity contribution < 1.29 is 27.2 Å². The summed E-state index contributed by atoms with van der Waals surface area (Å²) in [5.41, 5.74) is -0.913. The van der Waals surface area contributed by atoms with Crippen molar-refractivity contribution in [3.63, 3.8) is 0 Å². The van der Waals surface area contributed by atoms with Crippen molar-refractivity contribution in [2.45, 2.75) is 6.18 Å². The van der Waals surface area contributed by atoms with Gasteiger partial charge in [-0.05, 0) is 35.9 Å². The molecular weight excluding hydrogens is 338 g/mol. The molecule has 0 unspecified atom stereocenters. The molecular formula is C15H8ClF4NO2. The first-order chi connectivity index (χ1) is 10.8. The number of rotatable bonds is 3. The SMILES string of the molecule is O=C(O/N=C/c1ccc(F)c(Cl)c1)c1cccc(C(F)(F)F)c1. The number of oxime groups is 1. The maximum Gasteiger partial charge on any atom is 0.416 e. The number of carbonyl (C=O) groups excluding carboxylic acids is 1. The molecule has 2 rings (SSSR count). The van der Waals surface area contributed by atoms with Crippen LogP contribution in [0.15, 0.2) is 47.6 Å². The van der Waals surface area contributed by atoms with Gasteiger partial charge in [0.25, 0.3) is 0 Å². The lowest BCUT2D eigenvalue weighted by atomic mass is 10.1. The minimum Gasteiger partial charge on any atom is -0.313 e. The van der Waals surface area contributed by atoms with Gasteiger partial charge in [0, 0.05) is 0 Å². The zero-order chi connectivity index (χ0) is 17.0. The predicted octanol–water partition coefficient (Wildman–Crippen LogP) is 4.69. The van der Waals surface area contributed by atoms with Gasteiger partial charge in [-0.2, -0.15) is 13.2 Å². The van der Waals surface area contributed by atoms with E-state index in [9.17, 15) is 22.4 Å². The molecule has 3 nitrogen and oxygen atoms in total. The van der Waals surface area contributed by atoms with Crippen molar-refractivity contribution in [2.75, 3.05) is 0 Å². The van der Waals surface area contributed by atoms with Gasteiger partial charge in [0.1, 0.15) is 5.82 Å². The predicted molar refractivity (Wildman–Crippen MR) is 75.9 cm³/mol. The second-order valence-electron chi connectivity index (χ2n) is 4.37.